The predicted molar refractivity (Wildman–Crippen MR) is 147 cm³/mol. The Balaban J connectivity index is 1.55. The fourth-order valence-electron chi connectivity index (χ4n) is 5.27. The van der Waals surface area contributed by atoms with Gasteiger partial charge in [-0.2, -0.15) is 0 Å². The van der Waals surface area contributed by atoms with Gasteiger partial charge < -0.3 is 5.11 Å². The smallest absolute Gasteiger partial charge is 0.123 e. The van der Waals surface area contributed by atoms with E-state index in [-0.39, 0.29) is 28.5 Å². The Bertz CT molecular complexity index is 1120. The van der Waals surface area contributed by atoms with Gasteiger partial charge in [0, 0.05) is 32.7 Å². The first kappa shape index (κ1) is 27.3. The minimum atomic E-state index is -0.260. The van der Waals surface area contributed by atoms with Gasteiger partial charge in [-0.1, -0.05) is 77.9 Å². The summed E-state index contributed by atoms with van der Waals surface area (Å²) in [5.41, 5.74) is 4.89. The molecule has 1 saturated heterocycles. The summed E-state index contributed by atoms with van der Waals surface area (Å²) in [6.45, 7) is 17.1. The highest BCUT2D eigenvalue weighted by molar-refractivity contribution is 5.50. The molecular formula is C32H40F2N2O. The van der Waals surface area contributed by atoms with Crippen LogP contribution < -0.4 is 0 Å². The zero-order valence-electron chi connectivity index (χ0n) is 23.0. The molecule has 1 fully saturated rings. The minimum absolute atomic E-state index is 0.0583. The van der Waals surface area contributed by atoms with E-state index in [1.807, 2.05) is 24.3 Å². The van der Waals surface area contributed by atoms with Gasteiger partial charge >= 0.3 is 0 Å². The van der Waals surface area contributed by atoms with Crippen molar-refractivity contribution in [3.63, 3.8) is 0 Å². The van der Waals surface area contributed by atoms with E-state index in [0.717, 1.165) is 55.0 Å². The van der Waals surface area contributed by atoms with Crippen molar-refractivity contribution in [3.8, 4) is 5.75 Å². The molecule has 0 aromatic heterocycles. The lowest BCUT2D eigenvalue weighted by Gasteiger charge is -2.40. The SMILES string of the molecule is CC(C)(C)c1cc(CN2CCN(C(c3ccc(F)cc3)c3ccc(F)cc3)CC2)cc(C(C)(C)C)c1O. The second-order valence-electron chi connectivity index (χ2n) is 12.4. The van der Waals surface area contributed by atoms with Gasteiger partial charge in [-0.25, -0.2) is 8.78 Å². The van der Waals surface area contributed by atoms with E-state index in [1.165, 1.54) is 29.8 Å². The molecular weight excluding hydrogens is 466 g/mol. The van der Waals surface area contributed by atoms with Crippen LogP contribution in [0.15, 0.2) is 60.7 Å². The molecule has 1 heterocycles. The Labute approximate surface area is 220 Å². The summed E-state index contributed by atoms with van der Waals surface area (Å²) in [6, 6.07) is 17.5. The molecule has 0 aliphatic carbocycles. The third-order valence-electron chi connectivity index (χ3n) is 7.34. The molecule has 0 amide bonds. The number of rotatable bonds is 5. The highest BCUT2D eigenvalue weighted by Crippen LogP contribution is 2.40. The molecule has 3 aromatic rings. The van der Waals surface area contributed by atoms with Crippen molar-refractivity contribution in [2.45, 2.75) is 65.0 Å². The first-order valence-corrected chi connectivity index (χ1v) is 13.2. The molecule has 0 spiro atoms. The molecule has 0 saturated carbocycles. The van der Waals surface area contributed by atoms with Crippen molar-refractivity contribution in [3.05, 3.63) is 100 Å². The van der Waals surface area contributed by atoms with Crippen LogP contribution in [0, 0.1) is 11.6 Å². The molecule has 1 aliphatic heterocycles. The van der Waals surface area contributed by atoms with E-state index in [4.69, 9.17) is 0 Å². The number of phenolic OH excluding ortho intramolecular Hbond substituents is 1. The number of hydrogen-bond donors (Lipinski definition) is 1. The summed E-state index contributed by atoms with van der Waals surface area (Å²) in [6.07, 6.45) is 0. The lowest BCUT2D eigenvalue weighted by Crippen LogP contribution is -2.47. The van der Waals surface area contributed by atoms with Crippen LogP contribution in [-0.2, 0) is 17.4 Å². The molecule has 0 radical (unpaired) electrons. The van der Waals surface area contributed by atoms with E-state index >= 15 is 0 Å². The van der Waals surface area contributed by atoms with Gasteiger partial charge in [0.2, 0.25) is 0 Å². The molecule has 37 heavy (non-hydrogen) atoms. The molecule has 3 nitrogen and oxygen atoms in total. The van der Waals surface area contributed by atoms with Crippen molar-refractivity contribution < 1.29 is 13.9 Å². The van der Waals surface area contributed by atoms with Gasteiger partial charge in [0.25, 0.3) is 0 Å². The fraction of sp³-hybridized carbons (Fsp3) is 0.438. The first-order chi connectivity index (χ1) is 17.3. The largest absolute Gasteiger partial charge is 0.507 e. The molecule has 0 atom stereocenters. The number of piperazine rings is 1. The standard InChI is InChI=1S/C32H40F2N2O/c1-31(2,3)27-19-22(20-28(30(27)37)32(4,5)6)21-35-15-17-36(18-16-35)29(23-7-11-25(33)12-8-23)24-9-13-26(34)14-10-24/h7-14,19-20,29,37H,15-18,21H2,1-6H3. The Morgan fingerprint density at radius 1 is 0.703 bits per heavy atom. The van der Waals surface area contributed by atoms with E-state index < -0.39 is 0 Å². The Morgan fingerprint density at radius 2 is 1.11 bits per heavy atom. The van der Waals surface area contributed by atoms with Gasteiger partial charge in [-0.05, 0) is 62.9 Å². The summed E-state index contributed by atoms with van der Waals surface area (Å²) < 4.78 is 27.3. The number of halogens is 2. The van der Waals surface area contributed by atoms with E-state index in [1.54, 1.807) is 0 Å². The monoisotopic (exact) mass is 506 g/mol. The summed E-state index contributed by atoms with van der Waals surface area (Å²) >= 11 is 0. The molecule has 5 heteroatoms. The lowest BCUT2D eigenvalue weighted by atomic mass is 9.78. The predicted octanol–water partition coefficient (Wildman–Crippen LogP) is 7.17. The topological polar surface area (TPSA) is 26.7 Å². The van der Waals surface area contributed by atoms with Crippen molar-refractivity contribution in [1.29, 1.82) is 0 Å². The molecule has 198 valence electrons. The maximum absolute atomic E-state index is 13.6. The zero-order valence-corrected chi connectivity index (χ0v) is 23.0. The third-order valence-corrected chi connectivity index (χ3v) is 7.34. The van der Waals surface area contributed by atoms with E-state index in [2.05, 4.69) is 63.5 Å². The summed E-state index contributed by atoms with van der Waals surface area (Å²) in [4.78, 5) is 4.85. The third kappa shape index (κ3) is 6.39. The summed E-state index contributed by atoms with van der Waals surface area (Å²) in [7, 11) is 0. The van der Waals surface area contributed by atoms with Gasteiger partial charge in [-0.3, -0.25) is 9.80 Å². The molecule has 1 aliphatic rings. The van der Waals surface area contributed by atoms with Crippen molar-refractivity contribution >= 4 is 0 Å². The van der Waals surface area contributed by atoms with Crippen LogP contribution in [0.5, 0.6) is 5.75 Å². The Hall–Kier alpha value is -2.76. The zero-order chi connectivity index (χ0) is 27.0. The Morgan fingerprint density at radius 3 is 1.49 bits per heavy atom. The molecule has 4 rings (SSSR count). The Kier molecular flexibility index (Phi) is 7.77. The number of hydrogen-bond acceptors (Lipinski definition) is 3. The molecule has 0 unspecified atom stereocenters. The maximum atomic E-state index is 13.6. The number of nitrogens with zero attached hydrogens (tertiary/aromatic N) is 2. The van der Waals surface area contributed by atoms with Crippen molar-refractivity contribution in [2.75, 3.05) is 26.2 Å². The van der Waals surface area contributed by atoms with Crippen LogP contribution >= 0.6 is 0 Å². The normalized spacial score (nSPS) is 15.9. The maximum Gasteiger partial charge on any atom is 0.123 e. The average molecular weight is 507 g/mol. The number of benzene rings is 3. The van der Waals surface area contributed by atoms with Gasteiger partial charge in [-0.15, -0.1) is 0 Å². The highest BCUT2D eigenvalue weighted by Gasteiger charge is 2.29. The first-order valence-electron chi connectivity index (χ1n) is 13.2. The number of phenols is 1. The van der Waals surface area contributed by atoms with Crippen molar-refractivity contribution in [1.82, 2.24) is 9.80 Å². The highest BCUT2D eigenvalue weighted by atomic mass is 19.1. The second kappa shape index (κ2) is 10.5. The van der Waals surface area contributed by atoms with Crippen molar-refractivity contribution in [2.24, 2.45) is 0 Å². The average Bonchev–Trinajstić information content (AvgIpc) is 2.82. The van der Waals surface area contributed by atoms with Gasteiger partial charge in [0.1, 0.15) is 17.4 Å². The van der Waals surface area contributed by atoms with E-state index in [9.17, 15) is 13.9 Å². The molecule has 0 bridgehead atoms. The van der Waals surface area contributed by atoms with Crippen LogP contribution in [-0.4, -0.2) is 41.1 Å². The van der Waals surface area contributed by atoms with Crippen LogP contribution in [0.1, 0.15) is 75.4 Å². The van der Waals surface area contributed by atoms with Gasteiger partial charge in [0.15, 0.2) is 0 Å². The second-order valence-corrected chi connectivity index (χ2v) is 12.4. The lowest BCUT2D eigenvalue weighted by molar-refractivity contribution is 0.105. The van der Waals surface area contributed by atoms with Crippen LogP contribution in [0.4, 0.5) is 8.78 Å². The van der Waals surface area contributed by atoms with Crippen LogP contribution in [0.2, 0.25) is 0 Å². The fourth-order valence-corrected chi connectivity index (χ4v) is 5.27. The van der Waals surface area contributed by atoms with Crippen LogP contribution in [0.25, 0.3) is 0 Å². The van der Waals surface area contributed by atoms with Crippen LogP contribution in [0.3, 0.4) is 0 Å². The number of aromatic hydroxyl groups is 1. The molecule has 3 aromatic carbocycles. The summed E-state index contributed by atoms with van der Waals surface area (Å²) in [5, 5.41) is 11.1. The molecule has 1 N–H and O–H groups in total. The minimum Gasteiger partial charge on any atom is -0.507 e. The summed E-state index contributed by atoms with van der Waals surface area (Å²) in [5.74, 6) is -0.107. The van der Waals surface area contributed by atoms with Gasteiger partial charge in [0.05, 0.1) is 6.04 Å². The quantitative estimate of drug-likeness (QED) is 0.397. The van der Waals surface area contributed by atoms with E-state index in [0.29, 0.717) is 5.75 Å².